The molecule has 1 N–H and O–H groups in total. The van der Waals surface area contributed by atoms with E-state index in [9.17, 15) is 9.59 Å². The van der Waals surface area contributed by atoms with Crippen LogP contribution in [-0.2, 0) is 4.79 Å². The Kier molecular flexibility index (Phi) is 4.79. The molecule has 1 heterocycles. The topological polar surface area (TPSA) is 49.4 Å². The van der Waals surface area contributed by atoms with Crippen LogP contribution in [-0.4, -0.2) is 35.8 Å². The van der Waals surface area contributed by atoms with Gasteiger partial charge >= 0.3 is 0 Å². The second-order valence-electron chi connectivity index (χ2n) is 4.75. The minimum atomic E-state index is 0.00221. The second-order valence-corrected chi connectivity index (χ2v) is 5.91. The lowest BCUT2D eigenvalue weighted by Gasteiger charge is -2.32. The predicted octanol–water partition coefficient (Wildman–Crippen LogP) is 2.03. The van der Waals surface area contributed by atoms with Crippen LogP contribution in [0.5, 0.6) is 0 Å². The van der Waals surface area contributed by atoms with Crippen molar-refractivity contribution in [2.24, 2.45) is 0 Å². The molecule has 1 fully saturated rings. The number of carbonyl (C=O) groups is 2. The molecule has 0 aliphatic carbocycles. The lowest BCUT2D eigenvalue weighted by atomic mass is 10.0. The summed E-state index contributed by atoms with van der Waals surface area (Å²) in [5.41, 5.74) is 0.765. The number of hydrogen-bond donors (Lipinski definition) is 1. The smallest absolute Gasteiger partial charge is 0.254 e. The highest BCUT2D eigenvalue weighted by Gasteiger charge is 2.24. The monoisotopic (exact) mass is 372 g/mol. The minimum absolute atomic E-state index is 0.00221. The van der Waals surface area contributed by atoms with Crippen molar-refractivity contribution in [3.63, 3.8) is 0 Å². The van der Waals surface area contributed by atoms with Crippen molar-refractivity contribution in [3.05, 3.63) is 33.4 Å². The van der Waals surface area contributed by atoms with Gasteiger partial charge in [-0.15, -0.1) is 0 Å². The van der Waals surface area contributed by atoms with Crippen molar-refractivity contribution >= 4 is 34.4 Å². The standard InChI is InChI=1S/C14H17IN2O2/c1-10(18)16-11-6-8-17(9-7-11)14(19)12-4-2-3-5-13(12)15/h2-5,11H,6-9H2,1H3,(H,16,18). The molecule has 0 atom stereocenters. The Hall–Kier alpha value is -1.11. The van der Waals surface area contributed by atoms with Crippen molar-refractivity contribution in [1.82, 2.24) is 10.2 Å². The number of carbonyl (C=O) groups excluding carboxylic acids is 2. The van der Waals surface area contributed by atoms with E-state index in [4.69, 9.17) is 0 Å². The Morgan fingerprint density at radius 1 is 1.26 bits per heavy atom. The zero-order chi connectivity index (χ0) is 13.8. The number of nitrogens with one attached hydrogen (secondary N) is 1. The van der Waals surface area contributed by atoms with Crippen molar-refractivity contribution in [1.29, 1.82) is 0 Å². The van der Waals surface area contributed by atoms with Crippen LogP contribution in [0.4, 0.5) is 0 Å². The maximum atomic E-state index is 12.4. The van der Waals surface area contributed by atoms with Gasteiger partial charge < -0.3 is 10.2 Å². The highest BCUT2D eigenvalue weighted by molar-refractivity contribution is 14.1. The number of hydrogen-bond acceptors (Lipinski definition) is 2. The summed E-state index contributed by atoms with van der Waals surface area (Å²) >= 11 is 2.19. The summed E-state index contributed by atoms with van der Waals surface area (Å²) in [7, 11) is 0. The maximum Gasteiger partial charge on any atom is 0.254 e. The van der Waals surface area contributed by atoms with E-state index in [-0.39, 0.29) is 17.9 Å². The van der Waals surface area contributed by atoms with Gasteiger partial charge in [-0.1, -0.05) is 12.1 Å². The fraction of sp³-hybridized carbons (Fsp3) is 0.429. The number of piperidine rings is 1. The van der Waals surface area contributed by atoms with Gasteiger partial charge in [0.2, 0.25) is 5.91 Å². The first-order valence-electron chi connectivity index (χ1n) is 6.39. The van der Waals surface area contributed by atoms with Crippen LogP contribution in [0.15, 0.2) is 24.3 Å². The Bertz CT molecular complexity index is 482. The average Bonchev–Trinajstić information content (AvgIpc) is 2.39. The van der Waals surface area contributed by atoms with Crippen LogP contribution in [0.2, 0.25) is 0 Å². The fourth-order valence-corrected chi connectivity index (χ4v) is 2.94. The Balaban J connectivity index is 1.96. The van der Waals surface area contributed by atoms with Gasteiger partial charge in [0, 0.05) is 29.6 Å². The summed E-state index contributed by atoms with van der Waals surface area (Å²) in [4.78, 5) is 25.3. The van der Waals surface area contributed by atoms with Crippen molar-refractivity contribution in [3.8, 4) is 0 Å². The predicted molar refractivity (Wildman–Crippen MR) is 81.9 cm³/mol. The molecule has 0 bridgehead atoms. The zero-order valence-corrected chi connectivity index (χ0v) is 13.0. The molecule has 4 nitrogen and oxygen atoms in total. The highest BCUT2D eigenvalue weighted by Crippen LogP contribution is 2.17. The number of amides is 2. The quantitative estimate of drug-likeness (QED) is 0.808. The van der Waals surface area contributed by atoms with Crippen LogP contribution in [0.3, 0.4) is 0 Å². The Morgan fingerprint density at radius 3 is 2.47 bits per heavy atom. The third-order valence-corrected chi connectivity index (χ3v) is 4.23. The van der Waals surface area contributed by atoms with Gasteiger partial charge in [0.1, 0.15) is 0 Å². The normalized spacial score (nSPS) is 16.2. The van der Waals surface area contributed by atoms with E-state index in [2.05, 4.69) is 27.9 Å². The fourth-order valence-electron chi connectivity index (χ4n) is 2.32. The molecule has 19 heavy (non-hydrogen) atoms. The second kappa shape index (κ2) is 6.36. The Morgan fingerprint density at radius 2 is 1.89 bits per heavy atom. The van der Waals surface area contributed by atoms with Gasteiger partial charge in [0.05, 0.1) is 5.56 Å². The van der Waals surface area contributed by atoms with Crippen LogP contribution in [0, 0.1) is 3.57 Å². The molecule has 1 aliphatic rings. The molecule has 0 radical (unpaired) electrons. The van der Waals surface area contributed by atoms with Crippen molar-refractivity contribution < 1.29 is 9.59 Å². The number of rotatable bonds is 2. The first-order valence-corrected chi connectivity index (χ1v) is 7.46. The molecule has 2 amide bonds. The number of halogens is 1. The lowest BCUT2D eigenvalue weighted by Crippen LogP contribution is -2.46. The molecule has 2 rings (SSSR count). The number of nitrogens with zero attached hydrogens (tertiary/aromatic N) is 1. The molecule has 102 valence electrons. The van der Waals surface area contributed by atoms with E-state index in [1.54, 1.807) is 0 Å². The molecule has 1 aromatic rings. The van der Waals surface area contributed by atoms with Crippen molar-refractivity contribution in [2.45, 2.75) is 25.8 Å². The van der Waals surface area contributed by atoms with Crippen LogP contribution in [0.1, 0.15) is 30.1 Å². The summed E-state index contributed by atoms with van der Waals surface area (Å²) in [5, 5.41) is 2.91. The number of likely N-dealkylation sites (tertiary alicyclic amines) is 1. The van der Waals surface area contributed by atoms with E-state index in [0.717, 1.165) is 22.0 Å². The van der Waals surface area contributed by atoms with Crippen LogP contribution < -0.4 is 5.32 Å². The van der Waals surface area contributed by atoms with E-state index in [1.165, 1.54) is 6.92 Å². The summed E-state index contributed by atoms with van der Waals surface area (Å²) in [5.74, 6) is 0.0914. The van der Waals surface area contributed by atoms with Crippen LogP contribution in [0.25, 0.3) is 0 Å². The average molecular weight is 372 g/mol. The third-order valence-electron chi connectivity index (χ3n) is 3.29. The van der Waals surface area contributed by atoms with E-state index in [1.807, 2.05) is 29.2 Å². The minimum Gasteiger partial charge on any atom is -0.353 e. The molecule has 1 aromatic carbocycles. The molecule has 0 saturated carbocycles. The van der Waals surface area contributed by atoms with Gasteiger partial charge in [0.25, 0.3) is 5.91 Å². The molecule has 1 aliphatic heterocycles. The van der Waals surface area contributed by atoms with Gasteiger partial charge in [-0.2, -0.15) is 0 Å². The first kappa shape index (κ1) is 14.3. The molecule has 0 unspecified atom stereocenters. The first-order chi connectivity index (χ1) is 9.08. The van der Waals surface area contributed by atoms with E-state index in [0.29, 0.717) is 13.1 Å². The molecule has 1 saturated heterocycles. The van der Waals surface area contributed by atoms with Gasteiger partial charge in [-0.05, 0) is 47.6 Å². The van der Waals surface area contributed by atoms with E-state index >= 15 is 0 Å². The third kappa shape index (κ3) is 3.68. The van der Waals surface area contributed by atoms with E-state index < -0.39 is 0 Å². The summed E-state index contributed by atoms with van der Waals surface area (Å²) in [6.45, 7) is 2.94. The Labute approximate surface area is 126 Å². The molecular weight excluding hydrogens is 355 g/mol. The largest absolute Gasteiger partial charge is 0.353 e. The molecular formula is C14H17IN2O2. The highest BCUT2D eigenvalue weighted by atomic mass is 127. The summed E-state index contributed by atoms with van der Waals surface area (Å²) in [6.07, 6.45) is 1.66. The van der Waals surface area contributed by atoms with Crippen molar-refractivity contribution in [2.75, 3.05) is 13.1 Å². The number of benzene rings is 1. The molecule has 0 aromatic heterocycles. The maximum absolute atomic E-state index is 12.4. The summed E-state index contributed by atoms with van der Waals surface area (Å²) in [6, 6.07) is 7.83. The van der Waals surface area contributed by atoms with Gasteiger partial charge in [-0.25, -0.2) is 0 Å². The van der Waals surface area contributed by atoms with Gasteiger partial charge in [0.15, 0.2) is 0 Å². The van der Waals surface area contributed by atoms with Crippen LogP contribution >= 0.6 is 22.6 Å². The molecule has 5 heteroatoms. The zero-order valence-electron chi connectivity index (χ0n) is 10.9. The molecule has 0 spiro atoms. The SMILES string of the molecule is CC(=O)NC1CCN(C(=O)c2ccccc2I)CC1. The summed E-state index contributed by atoms with van der Waals surface area (Å²) < 4.78 is 0.981. The lowest BCUT2D eigenvalue weighted by molar-refractivity contribution is -0.119. The van der Waals surface area contributed by atoms with Gasteiger partial charge in [-0.3, -0.25) is 9.59 Å².